The Morgan fingerprint density at radius 1 is 1.22 bits per heavy atom. The van der Waals surface area contributed by atoms with Crippen molar-refractivity contribution in [3.8, 4) is 0 Å². The number of hydrogen-bond donors (Lipinski definition) is 0. The van der Waals surface area contributed by atoms with Crippen LogP contribution in [0.15, 0.2) is 29.9 Å². The summed E-state index contributed by atoms with van der Waals surface area (Å²) in [5, 5.41) is 8.79. The molecule has 0 aromatic carbocycles. The smallest absolute Gasteiger partial charge is 0 e. The minimum atomic E-state index is 0. The minimum Gasteiger partial charge on any atom is -0.872 e. The average molecular weight is 192 g/mol. The quantitative estimate of drug-likeness (QED) is 0.518. The van der Waals surface area contributed by atoms with E-state index in [1.807, 2.05) is 0 Å². The maximum atomic E-state index is 8.79. The Morgan fingerprint density at radius 2 is 1.78 bits per heavy atom. The molecular formula is C7H5NY-2. The van der Waals surface area contributed by atoms with Crippen LogP contribution < -0.4 is 0 Å². The molecule has 0 saturated carbocycles. The van der Waals surface area contributed by atoms with E-state index in [1.165, 1.54) is 0 Å². The zero-order valence-corrected chi connectivity index (χ0v) is 7.75. The van der Waals surface area contributed by atoms with Crippen LogP contribution in [0, 0.1) is 6.58 Å². The van der Waals surface area contributed by atoms with Gasteiger partial charge in [0.25, 0.3) is 0 Å². The van der Waals surface area contributed by atoms with Crippen molar-refractivity contribution >= 4 is 5.71 Å². The standard InChI is InChI=1S/C7H5N.Y/c1-6-4-2-3-5-7(6)8;/h1-5H;/q-2;. The van der Waals surface area contributed by atoms with E-state index in [-0.39, 0.29) is 38.4 Å². The van der Waals surface area contributed by atoms with Crippen LogP contribution in [-0.2, 0) is 32.7 Å². The van der Waals surface area contributed by atoms with Gasteiger partial charge in [0.15, 0.2) is 0 Å². The fourth-order valence-corrected chi connectivity index (χ4v) is 0.488. The van der Waals surface area contributed by atoms with Crippen molar-refractivity contribution in [2.75, 3.05) is 0 Å². The molecular weight excluding hydrogens is 187 g/mol. The van der Waals surface area contributed by atoms with Crippen molar-refractivity contribution in [3.05, 3.63) is 41.9 Å². The normalized spacial score (nSPS) is 15.6. The van der Waals surface area contributed by atoms with E-state index >= 15 is 0 Å². The first-order valence-corrected chi connectivity index (χ1v) is 2.34. The monoisotopic (exact) mass is 192 g/mol. The van der Waals surface area contributed by atoms with Crippen LogP contribution in [-0.4, -0.2) is 5.71 Å². The van der Waals surface area contributed by atoms with Crippen LogP contribution in [0.2, 0.25) is 0 Å². The van der Waals surface area contributed by atoms with E-state index in [0.29, 0.717) is 5.57 Å². The molecule has 2 heteroatoms. The molecule has 0 amide bonds. The average Bonchev–Trinajstić information content (AvgIpc) is 1.77. The summed E-state index contributed by atoms with van der Waals surface area (Å²) in [6.07, 6.45) is 6.70. The molecule has 1 radical (unpaired) electrons. The van der Waals surface area contributed by atoms with E-state index < -0.39 is 0 Å². The molecule has 1 nitrogen and oxygen atoms in total. The molecule has 0 N–H and O–H groups in total. The van der Waals surface area contributed by atoms with Gasteiger partial charge in [0.2, 0.25) is 0 Å². The van der Waals surface area contributed by atoms with E-state index in [9.17, 15) is 0 Å². The molecule has 0 saturated heterocycles. The second-order valence-corrected chi connectivity index (χ2v) is 1.56. The van der Waals surface area contributed by atoms with Crippen molar-refractivity contribution in [2.45, 2.75) is 0 Å². The van der Waals surface area contributed by atoms with Crippen molar-refractivity contribution in [2.24, 2.45) is 0 Å². The fraction of sp³-hybridized carbons (Fsp3) is 0. The molecule has 0 aromatic rings. The predicted molar refractivity (Wildman–Crippen MR) is 34.5 cm³/mol. The molecule has 0 spiro atoms. The van der Waals surface area contributed by atoms with Crippen molar-refractivity contribution in [1.82, 2.24) is 0 Å². The molecule has 0 unspecified atom stereocenters. The number of allylic oxidation sites excluding steroid dienone is 5. The summed E-state index contributed by atoms with van der Waals surface area (Å²) in [6.45, 7) is 5.27. The summed E-state index contributed by atoms with van der Waals surface area (Å²) in [4.78, 5) is 0. The maximum absolute atomic E-state index is 8.79. The van der Waals surface area contributed by atoms with E-state index in [0.717, 1.165) is 0 Å². The van der Waals surface area contributed by atoms with Gasteiger partial charge in [-0.25, -0.2) is 12.2 Å². The number of hydrogen-bond acceptors (Lipinski definition) is 0. The molecule has 1 aliphatic carbocycles. The zero-order valence-electron chi connectivity index (χ0n) is 4.91. The first-order valence-electron chi connectivity index (χ1n) is 2.34. The number of nitrogens with zero attached hydrogens (tertiary/aromatic N) is 1. The van der Waals surface area contributed by atoms with Gasteiger partial charge < -0.3 is 5.41 Å². The summed E-state index contributed by atoms with van der Waals surface area (Å²) in [6, 6.07) is 0. The second-order valence-electron chi connectivity index (χ2n) is 1.56. The Balaban J connectivity index is 0.000000640. The summed E-state index contributed by atoms with van der Waals surface area (Å²) in [5.74, 6) is 0. The molecule has 0 aromatic heterocycles. The SMILES string of the molecule is [CH-]=C1C=CC=CC1=[N-].[Y]. The topological polar surface area (TPSA) is 22.3 Å². The molecule has 1 rings (SSSR count). The summed E-state index contributed by atoms with van der Waals surface area (Å²) < 4.78 is 0. The third kappa shape index (κ3) is 2.38. The van der Waals surface area contributed by atoms with Crippen molar-refractivity contribution in [3.63, 3.8) is 0 Å². The largest absolute Gasteiger partial charge is 0.872 e. The Labute approximate surface area is 79.9 Å². The van der Waals surface area contributed by atoms with Gasteiger partial charge in [-0.05, 0) is 0 Å². The van der Waals surface area contributed by atoms with Crippen LogP contribution in [0.5, 0.6) is 0 Å². The van der Waals surface area contributed by atoms with Gasteiger partial charge in [-0.2, -0.15) is 6.08 Å². The van der Waals surface area contributed by atoms with Crippen molar-refractivity contribution < 1.29 is 32.7 Å². The molecule has 43 valence electrons. The van der Waals surface area contributed by atoms with E-state index in [4.69, 9.17) is 12.0 Å². The van der Waals surface area contributed by atoms with Gasteiger partial charge >= 0.3 is 0 Å². The first kappa shape index (κ1) is 8.99. The van der Waals surface area contributed by atoms with Gasteiger partial charge in [-0.3, -0.25) is 5.71 Å². The molecule has 0 fully saturated rings. The summed E-state index contributed by atoms with van der Waals surface area (Å²) in [5.41, 5.74) is 0.569. The van der Waals surface area contributed by atoms with Crippen LogP contribution in [0.3, 0.4) is 0 Å². The Kier molecular flexibility index (Phi) is 3.91. The van der Waals surface area contributed by atoms with E-state index in [2.05, 4.69) is 0 Å². The number of rotatable bonds is 0. The maximum Gasteiger partial charge on any atom is 0 e. The molecule has 0 aliphatic heterocycles. The Hall–Kier alpha value is -0.00610. The predicted octanol–water partition coefficient (Wildman–Crippen LogP) is 1.48. The van der Waals surface area contributed by atoms with Crippen LogP contribution >= 0.6 is 0 Å². The van der Waals surface area contributed by atoms with Gasteiger partial charge in [0, 0.05) is 32.7 Å². The van der Waals surface area contributed by atoms with Crippen LogP contribution in [0.25, 0.3) is 5.41 Å². The van der Waals surface area contributed by atoms with Gasteiger partial charge in [-0.1, -0.05) is 6.08 Å². The Bertz CT molecular complexity index is 167. The first-order chi connectivity index (χ1) is 3.80. The summed E-state index contributed by atoms with van der Waals surface area (Å²) in [7, 11) is 0. The van der Waals surface area contributed by atoms with Gasteiger partial charge in [0.1, 0.15) is 0 Å². The summed E-state index contributed by atoms with van der Waals surface area (Å²) >= 11 is 0. The van der Waals surface area contributed by atoms with Crippen molar-refractivity contribution in [1.29, 1.82) is 0 Å². The minimum absolute atomic E-state index is 0. The second kappa shape index (κ2) is 3.91. The van der Waals surface area contributed by atoms with Crippen LogP contribution in [0.4, 0.5) is 0 Å². The van der Waals surface area contributed by atoms with E-state index in [1.54, 1.807) is 24.3 Å². The molecule has 1 aliphatic rings. The molecule has 9 heavy (non-hydrogen) atoms. The fourth-order valence-electron chi connectivity index (χ4n) is 0.488. The zero-order chi connectivity index (χ0) is 5.98. The third-order valence-electron chi connectivity index (χ3n) is 0.937. The third-order valence-corrected chi connectivity index (χ3v) is 0.937. The van der Waals surface area contributed by atoms with Crippen LogP contribution in [0.1, 0.15) is 0 Å². The van der Waals surface area contributed by atoms with Gasteiger partial charge in [0.05, 0.1) is 0 Å². The van der Waals surface area contributed by atoms with Gasteiger partial charge in [-0.15, -0.1) is 12.2 Å². The molecule has 0 atom stereocenters. The molecule has 0 bridgehead atoms. The molecule has 0 heterocycles. The Morgan fingerprint density at radius 3 is 2.11 bits per heavy atom.